The first-order valence-electron chi connectivity index (χ1n) is 9.98. The Morgan fingerprint density at radius 3 is 2.17 bits per heavy atom. The number of nitrogens with one attached hydrogen (secondary N) is 1. The van der Waals surface area contributed by atoms with E-state index in [0.29, 0.717) is 49.2 Å². The molecule has 154 valence electrons. The first kappa shape index (κ1) is 20.9. The smallest absolute Gasteiger partial charge is 0.265 e. The fourth-order valence-corrected chi connectivity index (χ4v) is 3.08. The zero-order valence-electron chi connectivity index (χ0n) is 17.2. The number of ether oxygens (including phenoxy) is 2. The average Bonchev–Trinajstić information content (AvgIpc) is 2.74. The molecule has 2 amide bonds. The minimum Gasteiger partial charge on any atom is -0.481 e. The number of amides is 2. The molecule has 29 heavy (non-hydrogen) atoms. The molecule has 1 saturated heterocycles. The Kier molecular flexibility index (Phi) is 6.88. The highest BCUT2D eigenvalue weighted by molar-refractivity contribution is 5.96. The van der Waals surface area contributed by atoms with E-state index in [0.717, 1.165) is 0 Å². The fraction of sp³-hybridized carbons (Fsp3) is 0.391. The molecule has 1 atom stereocenters. The summed E-state index contributed by atoms with van der Waals surface area (Å²) in [4.78, 5) is 26.7. The van der Waals surface area contributed by atoms with Gasteiger partial charge in [-0.15, -0.1) is 0 Å². The molecule has 1 N–H and O–H groups in total. The standard InChI is InChI=1S/C23H28N2O4/c1-16(2)18-6-10-21(11-7-18)29-17(3)22(26)24-20-8-4-19(5-9-20)23(27)25-12-14-28-15-13-25/h4-11,16-17H,12-15H2,1-3H3,(H,24,26)/t17-/m0/s1. The monoisotopic (exact) mass is 396 g/mol. The van der Waals surface area contributed by atoms with Gasteiger partial charge in [0.1, 0.15) is 5.75 Å². The Hall–Kier alpha value is -2.86. The van der Waals surface area contributed by atoms with Crippen LogP contribution in [0.3, 0.4) is 0 Å². The summed E-state index contributed by atoms with van der Waals surface area (Å²) in [6, 6.07) is 14.7. The van der Waals surface area contributed by atoms with Crippen molar-refractivity contribution in [1.29, 1.82) is 0 Å². The van der Waals surface area contributed by atoms with Crippen LogP contribution >= 0.6 is 0 Å². The molecule has 1 fully saturated rings. The minimum absolute atomic E-state index is 0.0206. The van der Waals surface area contributed by atoms with Gasteiger partial charge in [-0.2, -0.15) is 0 Å². The molecule has 0 saturated carbocycles. The van der Waals surface area contributed by atoms with Gasteiger partial charge in [-0.05, 0) is 54.8 Å². The van der Waals surface area contributed by atoms with Gasteiger partial charge in [0.2, 0.25) is 0 Å². The number of morpholine rings is 1. The maximum absolute atomic E-state index is 12.5. The summed E-state index contributed by atoms with van der Waals surface area (Å²) in [6.07, 6.45) is -0.644. The van der Waals surface area contributed by atoms with Gasteiger partial charge in [0, 0.05) is 24.3 Å². The number of anilines is 1. The maximum atomic E-state index is 12.5. The molecule has 0 aromatic heterocycles. The molecule has 6 heteroatoms. The van der Waals surface area contributed by atoms with E-state index in [2.05, 4.69) is 19.2 Å². The molecular weight excluding hydrogens is 368 g/mol. The SMILES string of the molecule is CC(C)c1ccc(O[C@@H](C)C(=O)Nc2ccc(C(=O)N3CCOCC3)cc2)cc1. The third kappa shape index (κ3) is 5.57. The number of hydrogen-bond donors (Lipinski definition) is 1. The van der Waals surface area contributed by atoms with Crippen LogP contribution in [-0.2, 0) is 9.53 Å². The molecule has 1 heterocycles. The lowest BCUT2D eigenvalue weighted by atomic mass is 10.0. The van der Waals surface area contributed by atoms with Gasteiger partial charge < -0.3 is 19.7 Å². The van der Waals surface area contributed by atoms with Crippen LogP contribution in [-0.4, -0.2) is 49.1 Å². The molecule has 2 aromatic rings. The summed E-state index contributed by atoms with van der Waals surface area (Å²) < 4.78 is 11.0. The molecule has 1 aliphatic heterocycles. The number of benzene rings is 2. The summed E-state index contributed by atoms with van der Waals surface area (Å²) in [6.45, 7) is 8.31. The van der Waals surface area contributed by atoms with Crippen molar-refractivity contribution in [3.8, 4) is 5.75 Å². The lowest BCUT2D eigenvalue weighted by Gasteiger charge is -2.26. The Bertz CT molecular complexity index is 825. The number of hydrogen-bond acceptors (Lipinski definition) is 4. The van der Waals surface area contributed by atoms with Crippen LogP contribution in [0.4, 0.5) is 5.69 Å². The molecule has 3 rings (SSSR count). The Morgan fingerprint density at radius 2 is 1.59 bits per heavy atom. The van der Waals surface area contributed by atoms with Gasteiger partial charge in [0.05, 0.1) is 13.2 Å². The number of rotatable bonds is 6. The molecule has 0 radical (unpaired) electrons. The first-order valence-corrected chi connectivity index (χ1v) is 9.98. The molecule has 1 aliphatic rings. The van der Waals surface area contributed by atoms with Crippen molar-refractivity contribution in [1.82, 2.24) is 4.90 Å². The van der Waals surface area contributed by atoms with E-state index >= 15 is 0 Å². The highest BCUT2D eigenvalue weighted by Gasteiger charge is 2.19. The van der Waals surface area contributed by atoms with E-state index in [1.807, 2.05) is 24.3 Å². The second-order valence-electron chi connectivity index (χ2n) is 7.45. The van der Waals surface area contributed by atoms with Gasteiger partial charge in [-0.3, -0.25) is 9.59 Å². The van der Waals surface area contributed by atoms with Crippen LogP contribution < -0.4 is 10.1 Å². The minimum atomic E-state index is -0.644. The Morgan fingerprint density at radius 1 is 0.966 bits per heavy atom. The zero-order valence-corrected chi connectivity index (χ0v) is 17.2. The highest BCUT2D eigenvalue weighted by Crippen LogP contribution is 2.20. The van der Waals surface area contributed by atoms with Crippen LogP contribution in [0.2, 0.25) is 0 Å². The maximum Gasteiger partial charge on any atom is 0.265 e. The van der Waals surface area contributed by atoms with E-state index in [4.69, 9.17) is 9.47 Å². The predicted octanol–water partition coefficient (Wildman–Crippen LogP) is 3.69. The molecular formula is C23H28N2O4. The van der Waals surface area contributed by atoms with E-state index in [1.165, 1.54) is 5.56 Å². The van der Waals surface area contributed by atoms with Crippen molar-refractivity contribution in [2.24, 2.45) is 0 Å². The molecule has 2 aromatic carbocycles. The topological polar surface area (TPSA) is 67.9 Å². The summed E-state index contributed by atoms with van der Waals surface area (Å²) in [5, 5.41) is 2.83. The summed E-state index contributed by atoms with van der Waals surface area (Å²) in [5.74, 6) is 0.837. The lowest BCUT2D eigenvalue weighted by Crippen LogP contribution is -2.40. The molecule has 0 spiro atoms. The normalized spacial score (nSPS) is 15.1. The van der Waals surface area contributed by atoms with Crippen molar-refractivity contribution >= 4 is 17.5 Å². The van der Waals surface area contributed by atoms with Gasteiger partial charge >= 0.3 is 0 Å². The van der Waals surface area contributed by atoms with Crippen LogP contribution in [0.25, 0.3) is 0 Å². The van der Waals surface area contributed by atoms with Crippen LogP contribution in [0, 0.1) is 0 Å². The van der Waals surface area contributed by atoms with Crippen molar-refractivity contribution < 1.29 is 19.1 Å². The lowest BCUT2D eigenvalue weighted by molar-refractivity contribution is -0.122. The number of carbonyl (C=O) groups excluding carboxylic acids is 2. The quantitative estimate of drug-likeness (QED) is 0.809. The average molecular weight is 396 g/mol. The number of nitrogens with zero attached hydrogens (tertiary/aromatic N) is 1. The molecule has 0 unspecified atom stereocenters. The summed E-state index contributed by atoms with van der Waals surface area (Å²) in [7, 11) is 0. The molecule has 0 bridgehead atoms. The van der Waals surface area contributed by atoms with Crippen LogP contribution in [0.5, 0.6) is 5.75 Å². The van der Waals surface area contributed by atoms with E-state index in [1.54, 1.807) is 36.1 Å². The van der Waals surface area contributed by atoms with E-state index in [9.17, 15) is 9.59 Å². The third-order valence-electron chi connectivity index (χ3n) is 4.93. The van der Waals surface area contributed by atoms with Gasteiger partial charge in [0.15, 0.2) is 6.10 Å². The molecule has 6 nitrogen and oxygen atoms in total. The zero-order chi connectivity index (χ0) is 20.8. The van der Waals surface area contributed by atoms with Crippen LogP contribution in [0.1, 0.15) is 42.6 Å². The van der Waals surface area contributed by atoms with E-state index in [-0.39, 0.29) is 11.8 Å². The second-order valence-corrected chi connectivity index (χ2v) is 7.45. The van der Waals surface area contributed by atoms with Crippen LogP contribution in [0.15, 0.2) is 48.5 Å². The summed E-state index contributed by atoms with van der Waals surface area (Å²) in [5.41, 5.74) is 2.44. The largest absolute Gasteiger partial charge is 0.481 e. The highest BCUT2D eigenvalue weighted by atomic mass is 16.5. The second kappa shape index (κ2) is 9.56. The van der Waals surface area contributed by atoms with Crippen molar-refractivity contribution in [3.05, 3.63) is 59.7 Å². The third-order valence-corrected chi connectivity index (χ3v) is 4.93. The molecule has 0 aliphatic carbocycles. The summed E-state index contributed by atoms with van der Waals surface area (Å²) >= 11 is 0. The Labute approximate surface area is 171 Å². The van der Waals surface area contributed by atoms with Crippen molar-refractivity contribution in [2.75, 3.05) is 31.6 Å². The fourth-order valence-electron chi connectivity index (χ4n) is 3.08. The Balaban J connectivity index is 1.54. The van der Waals surface area contributed by atoms with Gasteiger partial charge in [0.25, 0.3) is 11.8 Å². The van der Waals surface area contributed by atoms with Crippen molar-refractivity contribution in [3.63, 3.8) is 0 Å². The number of carbonyl (C=O) groups is 2. The van der Waals surface area contributed by atoms with Gasteiger partial charge in [-0.25, -0.2) is 0 Å². The van der Waals surface area contributed by atoms with E-state index < -0.39 is 6.10 Å². The van der Waals surface area contributed by atoms with Crippen molar-refractivity contribution in [2.45, 2.75) is 32.8 Å². The van der Waals surface area contributed by atoms with Gasteiger partial charge in [-0.1, -0.05) is 26.0 Å². The predicted molar refractivity (Wildman–Crippen MR) is 112 cm³/mol. The first-order chi connectivity index (χ1) is 13.9.